The molecule has 1 atom stereocenters. The molecule has 2 heterocycles. The fourth-order valence-corrected chi connectivity index (χ4v) is 4.47. The maximum atomic E-state index is 12.3. The normalized spacial score (nSPS) is 17.4. The first-order valence-corrected chi connectivity index (χ1v) is 9.77. The number of likely N-dealkylation sites (tertiary alicyclic amines) is 1. The number of fused-ring (bicyclic) bond motifs is 1. The number of carbonyl (C=O) groups excluding carboxylic acids is 3. The van der Waals surface area contributed by atoms with E-state index in [1.54, 1.807) is 6.08 Å². The van der Waals surface area contributed by atoms with Gasteiger partial charge in [0.2, 0.25) is 5.91 Å². The second-order valence-electron chi connectivity index (χ2n) is 6.22. The average molecular weight is 407 g/mol. The van der Waals surface area contributed by atoms with Crippen LogP contribution in [0.2, 0.25) is 5.02 Å². The highest BCUT2D eigenvalue weighted by Gasteiger charge is 2.30. The fraction of sp³-hybridized carbons (Fsp3) is 0.316. The quantitative estimate of drug-likeness (QED) is 0.610. The molecule has 2 N–H and O–H groups in total. The summed E-state index contributed by atoms with van der Waals surface area (Å²) in [5.41, 5.74) is 5.35. The standard InChI is InChI=1S/C19H19ClN2O4S/c20-18-12-5-1-2-7-14(12)27-15(18)8-9-17(24)26-11-16(23)22-10-4-3-6-13(22)19(21)25/h1-2,5,7-9,13H,3-4,6,10-11H2,(H2,21,25)/b9-8+/t13-/m0/s1. The molecule has 2 aromatic rings. The Kier molecular flexibility index (Phi) is 6.13. The molecule has 1 saturated heterocycles. The van der Waals surface area contributed by atoms with Gasteiger partial charge < -0.3 is 15.4 Å². The van der Waals surface area contributed by atoms with Crippen molar-refractivity contribution in [2.75, 3.05) is 13.2 Å². The van der Waals surface area contributed by atoms with Crippen LogP contribution < -0.4 is 5.73 Å². The van der Waals surface area contributed by atoms with E-state index in [2.05, 4.69) is 0 Å². The molecule has 1 aromatic heterocycles. The van der Waals surface area contributed by atoms with Crippen molar-refractivity contribution in [2.45, 2.75) is 25.3 Å². The van der Waals surface area contributed by atoms with Gasteiger partial charge in [0.15, 0.2) is 6.61 Å². The Bertz CT molecular complexity index is 908. The van der Waals surface area contributed by atoms with Crippen LogP contribution in [-0.4, -0.2) is 41.9 Å². The van der Waals surface area contributed by atoms with E-state index in [9.17, 15) is 14.4 Å². The molecule has 1 aromatic carbocycles. The third kappa shape index (κ3) is 4.48. The lowest BCUT2D eigenvalue weighted by Crippen LogP contribution is -2.51. The van der Waals surface area contributed by atoms with Gasteiger partial charge in [-0.3, -0.25) is 9.59 Å². The molecule has 3 rings (SSSR count). The summed E-state index contributed by atoms with van der Waals surface area (Å²) in [6, 6.07) is 7.05. The van der Waals surface area contributed by atoms with Gasteiger partial charge in [-0.1, -0.05) is 29.8 Å². The number of nitrogens with zero attached hydrogens (tertiary/aromatic N) is 1. The molecular formula is C19H19ClN2O4S. The molecule has 6 nitrogen and oxygen atoms in total. The number of hydrogen-bond acceptors (Lipinski definition) is 5. The zero-order chi connectivity index (χ0) is 19.4. The summed E-state index contributed by atoms with van der Waals surface area (Å²) >= 11 is 7.78. The van der Waals surface area contributed by atoms with Gasteiger partial charge in [0, 0.05) is 27.6 Å². The first-order valence-electron chi connectivity index (χ1n) is 8.58. The van der Waals surface area contributed by atoms with Crippen LogP contribution in [0.5, 0.6) is 0 Å². The van der Waals surface area contributed by atoms with Crippen molar-refractivity contribution >= 4 is 56.9 Å². The van der Waals surface area contributed by atoms with Crippen molar-refractivity contribution in [1.29, 1.82) is 0 Å². The van der Waals surface area contributed by atoms with Crippen LogP contribution in [0.15, 0.2) is 30.3 Å². The number of amides is 2. The summed E-state index contributed by atoms with van der Waals surface area (Å²) in [4.78, 5) is 37.8. The van der Waals surface area contributed by atoms with Crippen LogP contribution in [0.3, 0.4) is 0 Å². The molecule has 0 saturated carbocycles. The van der Waals surface area contributed by atoms with Crippen LogP contribution in [0.4, 0.5) is 0 Å². The van der Waals surface area contributed by atoms with Gasteiger partial charge in [0.25, 0.3) is 5.91 Å². The lowest BCUT2D eigenvalue weighted by atomic mass is 10.0. The van der Waals surface area contributed by atoms with Crippen LogP contribution in [0.25, 0.3) is 16.2 Å². The molecule has 27 heavy (non-hydrogen) atoms. The largest absolute Gasteiger partial charge is 0.452 e. The zero-order valence-electron chi connectivity index (χ0n) is 14.5. The van der Waals surface area contributed by atoms with E-state index in [4.69, 9.17) is 22.1 Å². The van der Waals surface area contributed by atoms with Crippen LogP contribution in [-0.2, 0) is 19.1 Å². The molecule has 0 radical (unpaired) electrons. The SMILES string of the molecule is NC(=O)[C@@H]1CCCCN1C(=O)COC(=O)/C=C/c1sc2ccccc2c1Cl. The number of benzene rings is 1. The molecule has 1 fully saturated rings. The van der Waals surface area contributed by atoms with Gasteiger partial charge in [-0.05, 0) is 31.4 Å². The second-order valence-corrected chi connectivity index (χ2v) is 7.68. The number of halogens is 1. The molecule has 142 valence electrons. The molecular weight excluding hydrogens is 388 g/mol. The number of piperidine rings is 1. The molecule has 0 unspecified atom stereocenters. The van der Waals surface area contributed by atoms with E-state index in [0.717, 1.165) is 27.8 Å². The Morgan fingerprint density at radius 2 is 2.07 bits per heavy atom. The summed E-state index contributed by atoms with van der Waals surface area (Å²) < 4.78 is 6.03. The number of ether oxygens (including phenoxy) is 1. The third-order valence-corrected chi connectivity index (χ3v) is 6.08. The number of carbonyl (C=O) groups is 3. The summed E-state index contributed by atoms with van der Waals surface area (Å²) in [6.45, 7) is 0.0182. The maximum absolute atomic E-state index is 12.3. The van der Waals surface area contributed by atoms with Crippen molar-refractivity contribution in [3.63, 3.8) is 0 Å². The highest BCUT2D eigenvalue weighted by atomic mass is 35.5. The number of primary amides is 1. The average Bonchev–Trinajstić information content (AvgIpc) is 3.00. The van der Waals surface area contributed by atoms with E-state index in [1.165, 1.54) is 22.3 Å². The topological polar surface area (TPSA) is 89.7 Å². The lowest BCUT2D eigenvalue weighted by Gasteiger charge is -2.33. The van der Waals surface area contributed by atoms with Gasteiger partial charge >= 0.3 is 5.97 Å². The van der Waals surface area contributed by atoms with E-state index < -0.39 is 30.4 Å². The highest BCUT2D eigenvalue weighted by Crippen LogP contribution is 2.35. The minimum absolute atomic E-state index is 0.417. The van der Waals surface area contributed by atoms with Crippen molar-refractivity contribution in [2.24, 2.45) is 5.73 Å². The molecule has 0 bridgehead atoms. The second kappa shape index (κ2) is 8.54. The number of thiophene rings is 1. The van der Waals surface area contributed by atoms with Crippen molar-refractivity contribution in [3.05, 3.63) is 40.2 Å². The molecule has 0 spiro atoms. The predicted octanol–water partition coefficient (Wildman–Crippen LogP) is 2.98. The summed E-state index contributed by atoms with van der Waals surface area (Å²) in [5, 5.41) is 1.50. The number of esters is 1. The number of rotatable bonds is 5. The summed E-state index contributed by atoms with van der Waals surface area (Å²) in [5.74, 6) is -1.60. The van der Waals surface area contributed by atoms with Crippen molar-refractivity contribution in [1.82, 2.24) is 4.90 Å². The van der Waals surface area contributed by atoms with Gasteiger partial charge in [-0.15, -0.1) is 11.3 Å². The Labute approximate surface area is 165 Å². The van der Waals surface area contributed by atoms with Crippen LogP contribution >= 0.6 is 22.9 Å². The van der Waals surface area contributed by atoms with Crippen LogP contribution in [0, 0.1) is 0 Å². The number of hydrogen-bond donors (Lipinski definition) is 1. The van der Waals surface area contributed by atoms with E-state index in [-0.39, 0.29) is 0 Å². The molecule has 2 amide bonds. The minimum atomic E-state index is -0.649. The first kappa shape index (κ1) is 19.4. The molecule has 8 heteroatoms. The third-order valence-electron chi connectivity index (χ3n) is 4.42. The minimum Gasteiger partial charge on any atom is -0.452 e. The van der Waals surface area contributed by atoms with Crippen molar-refractivity contribution in [3.8, 4) is 0 Å². The summed E-state index contributed by atoms with van der Waals surface area (Å²) in [6.07, 6.45) is 5.00. The first-order chi connectivity index (χ1) is 13.0. The fourth-order valence-electron chi connectivity index (χ4n) is 3.07. The predicted molar refractivity (Wildman–Crippen MR) is 105 cm³/mol. The smallest absolute Gasteiger partial charge is 0.331 e. The van der Waals surface area contributed by atoms with E-state index in [1.807, 2.05) is 24.3 Å². The monoisotopic (exact) mass is 406 g/mol. The Hall–Kier alpha value is -2.38. The van der Waals surface area contributed by atoms with Gasteiger partial charge in [0.1, 0.15) is 6.04 Å². The van der Waals surface area contributed by atoms with Gasteiger partial charge in [0.05, 0.1) is 5.02 Å². The molecule has 1 aliphatic heterocycles. The molecule has 1 aliphatic rings. The Morgan fingerprint density at radius 1 is 1.30 bits per heavy atom. The van der Waals surface area contributed by atoms with Crippen molar-refractivity contribution < 1.29 is 19.1 Å². The molecule has 0 aliphatic carbocycles. The van der Waals surface area contributed by atoms with Gasteiger partial charge in [-0.25, -0.2) is 4.79 Å². The lowest BCUT2D eigenvalue weighted by molar-refractivity contribution is -0.151. The highest BCUT2D eigenvalue weighted by molar-refractivity contribution is 7.20. The zero-order valence-corrected chi connectivity index (χ0v) is 16.1. The van der Waals surface area contributed by atoms with Gasteiger partial charge in [-0.2, -0.15) is 0 Å². The maximum Gasteiger partial charge on any atom is 0.331 e. The van der Waals surface area contributed by atoms with E-state index >= 15 is 0 Å². The Balaban J connectivity index is 1.58. The van der Waals surface area contributed by atoms with Crippen LogP contribution in [0.1, 0.15) is 24.1 Å². The van der Waals surface area contributed by atoms with E-state index in [0.29, 0.717) is 18.0 Å². The number of nitrogens with two attached hydrogens (primary N) is 1. The Morgan fingerprint density at radius 3 is 2.81 bits per heavy atom. The summed E-state index contributed by atoms with van der Waals surface area (Å²) in [7, 11) is 0.